The maximum absolute atomic E-state index is 12.7. The van der Waals surface area contributed by atoms with Gasteiger partial charge in [-0.1, -0.05) is 0 Å². The van der Waals surface area contributed by atoms with Crippen LogP contribution in [0.3, 0.4) is 0 Å². The lowest BCUT2D eigenvalue weighted by Gasteiger charge is -2.34. The van der Waals surface area contributed by atoms with Crippen LogP contribution in [-0.2, 0) is 9.53 Å². The minimum absolute atomic E-state index is 0.0214. The standard InChI is InChI=1S/C17H17N3O4/c21-15-10-24-17(23)20(15)13-4-7-19(8-5-13)16(22)12-1-2-14-11(9-12)3-6-18-14/h1-3,6,9,13,18H,4-5,7-8,10H2. The number of hydrogen-bond acceptors (Lipinski definition) is 4. The van der Waals surface area contributed by atoms with E-state index in [0.29, 0.717) is 31.5 Å². The molecule has 2 saturated heterocycles. The zero-order chi connectivity index (χ0) is 16.7. The van der Waals surface area contributed by atoms with Gasteiger partial charge in [-0.3, -0.25) is 9.59 Å². The summed E-state index contributed by atoms with van der Waals surface area (Å²) in [5, 5.41) is 1.00. The predicted molar refractivity (Wildman–Crippen MR) is 85.4 cm³/mol. The summed E-state index contributed by atoms with van der Waals surface area (Å²) >= 11 is 0. The summed E-state index contributed by atoms with van der Waals surface area (Å²) in [6.45, 7) is 0.867. The topological polar surface area (TPSA) is 82.7 Å². The largest absolute Gasteiger partial charge is 0.439 e. The van der Waals surface area contributed by atoms with E-state index in [1.807, 2.05) is 30.5 Å². The molecule has 3 amide bonds. The number of likely N-dealkylation sites (tertiary alicyclic amines) is 1. The van der Waals surface area contributed by atoms with Gasteiger partial charge in [-0.2, -0.15) is 0 Å². The average Bonchev–Trinajstić information content (AvgIpc) is 3.20. The van der Waals surface area contributed by atoms with Crippen LogP contribution in [0.5, 0.6) is 0 Å². The molecule has 7 nitrogen and oxygen atoms in total. The maximum Gasteiger partial charge on any atom is 0.417 e. The van der Waals surface area contributed by atoms with E-state index in [1.54, 1.807) is 4.90 Å². The van der Waals surface area contributed by atoms with Crippen molar-refractivity contribution in [3.63, 3.8) is 0 Å². The van der Waals surface area contributed by atoms with Crippen molar-refractivity contribution in [2.24, 2.45) is 0 Å². The lowest BCUT2D eigenvalue weighted by molar-refractivity contribution is -0.127. The summed E-state index contributed by atoms with van der Waals surface area (Å²) in [6, 6.07) is 7.34. The van der Waals surface area contributed by atoms with E-state index in [2.05, 4.69) is 4.98 Å². The van der Waals surface area contributed by atoms with Crippen molar-refractivity contribution in [1.29, 1.82) is 0 Å². The minimum Gasteiger partial charge on any atom is -0.439 e. The van der Waals surface area contributed by atoms with Crippen molar-refractivity contribution < 1.29 is 19.1 Å². The lowest BCUT2D eigenvalue weighted by Crippen LogP contribution is -2.48. The number of H-pyrrole nitrogens is 1. The molecule has 0 atom stereocenters. The fourth-order valence-electron chi connectivity index (χ4n) is 3.41. The molecule has 24 heavy (non-hydrogen) atoms. The summed E-state index contributed by atoms with van der Waals surface area (Å²) in [6.07, 6.45) is 2.44. The molecule has 1 aromatic heterocycles. The van der Waals surface area contributed by atoms with E-state index in [1.165, 1.54) is 4.90 Å². The number of imide groups is 1. The van der Waals surface area contributed by atoms with Crippen molar-refractivity contribution in [2.75, 3.05) is 19.7 Å². The van der Waals surface area contributed by atoms with E-state index >= 15 is 0 Å². The highest BCUT2D eigenvalue weighted by Gasteiger charge is 2.39. The molecule has 1 N–H and O–H groups in total. The Morgan fingerprint density at radius 3 is 2.67 bits per heavy atom. The summed E-state index contributed by atoms with van der Waals surface area (Å²) in [5.41, 5.74) is 1.65. The van der Waals surface area contributed by atoms with Crippen LogP contribution in [0.4, 0.5) is 4.79 Å². The molecular weight excluding hydrogens is 310 g/mol. The summed E-state index contributed by atoms with van der Waals surface area (Å²) in [5.74, 6) is -0.311. The van der Waals surface area contributed by atoms with Crippen LogP contribution in [0.15, 0.2) is 30.5 Å². The van der Waals surface area contributed by atoms with Crippen molar-refractivity contribution in [3.05, 3.63) is 36.0 Å². The third-order valence-corrected chi connectivity index (χ3v) is 4.70. The van der Waals surface area contributed by atoms with Crippen molar-refractivity contribution in [3.8, 4) is 0 Å². The Bertz CT molecular complexity index is 804. The molecule has 3 heterocycles. The number of amides is 3. The summed E-state index contributed by atoms with van der Waals surface area (Å²) in [4.78, 5) is 42.1. The highest BCUT2D eigenvalue weighted by molar-refractivity contribution is 5.99. The number of benzene rings is 1. The number of aromatic nitrogens is 1. The molecule has 2 aliphatic heterocycles. The molecule has 0 bridgehead atoms. The number of nitrogens with zero attached hydrogens (tertiary/aromatic N) is 2. The van der Waals surface area contributed by atoms with E-state index in [9.17, 15) is 14.4 Å². The first-order chi connectivity index (χ1) is 11.6. The molecule has 0 saturated carbocycles. The van der Waals surface area contributed by atoms with Gasteiger partial charge in [-0.05, 0) is 37.1 Å². The first kappa shape index (κ1) is 14.7. The van der Waals surface area contributed by atoms with Crippen LogP contribution in [0.2, 0.25) is 0 Å². The van der Waals surface area contributed by atoms with Crippen molar-refractivity contribution in [2.45, 2.75) is 18.9 Å². The molecule has 0 spiro atoms. The second-order valence-electron chi connectivity index (χ2n) is 6.12. The highest BCUT2D eigenvalue weighted by atomic mass is 16.6. The molecular formula is C17H17N3O4. The molecule has 2 aromatic rings. The monoisotopic (exact) mass is 327 g/mol. The normalized spacial score (nSPS) is 19.2. The molecule has 0 aliphatic carbocycles. The van der Waals surface area contributed by atoms with E-state index in [0.717, 1.165) is 10.9 Å². The molecule has 4 rings (SSSR count). The quantitative estimate of drug-likeness (QED) is 0.911. The maximum atomic E-state index is 12.7. The molecule has 0 radical (unpaired) electrons. The number of fused-ring (bicyclic) bond motifs is 1. The zero-order valence-electron chi connectivity index (χ0n) is 13.0. The van der Waals surface area contributed by atoms with Crippen LogP contribution in [-0.4, -0.2) is 58.4 Å². The smallest absolute Gasteiger partial charge is 0.417 e. The predicted octanol–water partition coefficient (Wildman–Crippen LogP) is 1.75. The van der Waals surface area contributed by atoms with Gasteiger partial charge in [0.25, 0.3) is 11.8 Å². The number of piperidine rings is 1. The van der Waals surface area contributed by atoms with Gasteiger partial charge < -0.3 is 14.6 Å². The second-order valence-corrected chi connectivity index (χ2v) is 6.12. The molecule has 2 aliphatic rings. The Balaban J connectivity index is 1.44. The first-order valence-corrected chi connectivity index (χ1v) is 7.99. The van der Waals surface area contributed by atoms with Gasteiger partial charge in [-0.25, -0.2) is 9.69 Å². The third kappa shape index (κ3) is 2.42. The number of cyclic esters (lactones) is 1. The van der Waals surface area contributed by atoms with Gasteiger partial charge in [0.15, 0.2) is 6.61 Å². The van der Waals surface area contributed by atoms with Gasteiger partial charge in [0.05, 0.1) is 0 Å². The molecule has 124 valence electrons. The number of nitrogens with one attached hydrogen (secondary N) is 1. The van der Waals surface area contributed by atoms with Crippen LogP contribution in [0.1, 0.15) is 23.2 Å². The number of ether oxygens (including phenoxy) is 1. The fraction of sp³-hybridized carbons (Fsp3) is 0.353. The number of aromatic amines is 1. The van der Waals surface area contributed by atoms with Crippen LogP contribution in [0, 0.1) is 0 Å². The van der Waals surface area contributed by atoms with Gasteiger partial charge in [0, 0.05) is 41.8 Å². The second kappa shape index (κ2) is 5.67. The van der Waals surface area contributed by atoms with Crippen LogP contribution >= 0.6 is 0 Å². The number of hydrogen-bond donors (Lipinski definition) is 1. The Kier molecular flexibility index (Phi) is 3.48. The Labute approximate surface area is 138 Å². The Morgan fingerprint density at radius 1 is 1.17 bits per heavy atom. The highest BCUT2D eigenvalue weighted by Crippen LogP contribution is 2.23. The van der Waals surface area contributed by atoms with Gasteiger partial charge in [-0.15, -0.1) is 0 Å². The van der Waals surface area contributed by atoms with Gasteiger partial charge >= 0.3 is 6.09 Å². The van der Waals surface area contributed by atoms with Gasteiger partial charge in [0.2, 0.25) is 0 Å². The number of rotatable bonds is 2. The van der Waals surface area contributed by atoms with Crippen LogP contribution < -0.4 is 0 Å². The zero-order valence-corrected chi connectivity index (χ0v) is 13.0. The summed E-state index contributed by atoms with van der Waals surface area (Å²) in [7, 11) is 0. The lowest BCUT2D eigenvalue weighted by atomic mass is 10.0. The fourth-order valence-corrected chi connectivity index (χ4v) is 3.41. The third-order valence-electron chi connectivity index (χ3n) is 4.70. The Morgan fingerprint density at radius 2 is 1.96 bits per heavy atom. The first-order valence-electron chi connectivity index (χ1n) is 7.99. The molecule has 2 fully saturated rings. The molecule has 7 heteroatoms. The number of carbonyl (C=O) groups excluding carboxylic acids is 3. The molecule has 0 unspecified atom stereocenters. The number of carbonyl (C=O) groups is 3. The summed E-state index contributed by atoms with van der Waals surface area (Å²) < 4.78 is 4.76. The molecule has 1 aromatic carbocycles. The van der Waals surface area contributed by atoms with E-state index in [4.69, 9.17) is 4.74 Å². The van der Waals surface area contributed by atoms with Gasteiger partial charge in [0.1, 0.15) is 0 Å². The SMILES string of the molecule is O=C(c1ccc2[nH]ccc2c1)N1CCC(N2C(=O)COC2=O)CC1. The Hall–Kier alpha value is -2.83. The minimum atomic E-state index is -0.567. The van der Waals surface area contributed by atoms with Crippen LogP contribution in [0.25, 0.3) is 10.9 Å². The van der Waals surface area contributed by atoms with E-state index in [-0.39, 0.29) is 24.5 Å². The van der Waals surface area contributed by atoms with Crippen molar-refractivity contribution >= 4 is 28.8 Å². The average molecular weight is 327 g/mol. The van der Waals surface area contributed by atoms with E-state index < -0.39 is 6.09 Å². The van der Waals surface area contributed by atoms with Crippen molar-refractivity contribution in [1.82, 2.24) is 14.8 Å².